The van der Waals surface area contributed by atoms with Crippen molar-refractivity contribution in [3.63, 3.8) is 0 Å². The molecule has 2 heterocycles. The minimum absolute atomic E-state index is 0.118. The van der Waals surface area contributed by atoms with Crippen LogP contribution in [0.25, 0.3) is 0 Å². The van der Waals surface area contributed by atoms with Crippen LogP contribution >= 0.6 is 0 Å². The third-order valence-electron chi connectivity index (χ3n) is 4.17. The van der Waals surface area contributed by atoms with Crippen LogP contribution in [-0.4, -0.2) is 31.6 Å². The molecule has 8 heteroatoms. The highest BCUT2D eigenvalue weighted by Gasteiger charge is 2.22. The number of carbonyl (C=O) groups excluding carboxylic acids is 2. The molecule has 0 fully saturated rings. The second kappa shape index (κ2) is 7.06. The summed E-state index contributed by atoms with van der Waals surface area (Å²) in [5.41, 5.74) is 1.14. The molecule has 140 valence electrons. The van der Waals surface area contributed by atoms with E-state index in [1.807, 2.05) is 6.07 Å². The van der Waals surface area contributed by atoms with E-state index in [9.17, 15) is 9.59 Å². The molecule has 1 N–H and O–H groups in total. The Morgan fingerprint density at radius 2 is 1.59 bits per heavy atom. The molecule has 0 unspecified atom stereocenters. The molecule has 2 aliphatic heterocycles. The van der Waals surface area contributed by atoms with Crippen LogP contribution in [-0.2, 0) is 16.1 Å². The first-order chi connectivity index (χ1) is 13.1. The fourth-order valence-corrected chi connectivity index (χ4v) is 2.69. The molecule has 0 radical (unpaired) electrons. The van der Waals surface area contributed by atoms with Crippen LogP contribution in [0.1, 0.15) is 22.8 Å². The van der Waals surface area contributed by atoms with E-state index in [0.29, 0.717) is 23.0 Å². The summed E-state index contributed by atoms with van der Waals surface area (Å²) in [6.07, 6.45) is -0.947. The number of hydrogen-bond acceptors (Lipinski definition) is 7. The molecule has 27 heavy (non-hydrogen) atoms. The summed E-state index contributed by atoms with van der Waals surface area (Å²) in [6.45, 7) is 2.10. The van der Waals surface area contributed by atoms with Crippen molar-refractivity contribution in [2.45, 2.75) is 19.6 Å². The SMILES string of the molecule is C[C@@H](OC(=O)c1ccc2c(c1)OCO2)C(=O)NCc1ccc2c(c1)OCO2. The quantitative estimate of drug-likeness (QED) is 0.804. The van der Waals surface area contributed by atoms with Gasteiger partial charge >= 0.3 is 5.97 Å². The lowest BCUT2D eigenvalue weighted by molar-refractivity contribution is -0.129. The van der Waals surface area contributed by atoms with Gasteiger partial charge in [-0.05, 0) is 42.8 Å². The fraction of sp³-hybridized carbons (Fsp3) is 0.263. The van der Waals surface area contributed by atoms with Gasteiger partial charge in [-0.3, -0.25) is 4.79 Å². The first-order valence-corrected chi connectivity index (χ1v) is 8.37. The van der Waals surface area contributed by atoms with Gasteiger partial charge in [0.15, 0.2) is 29.1 Å². The third-order valence-corrected chi connectivity index (χ3v) is 4.17. The van der Waals surface area contributed by atoms with Crippen molar-refractivity contribution in [1.29, 1.82) is 0 Å². The molecule has 0 saturated carbocycles. The number of hydrogen-bond donors (Lipinski definition) is 1. The normalized spacial score (nSPS) is 14.6. The van der Waals surface area contributed by atoms with Crippen LogP contribution in [0.2, 0.25) is 0 Å². The lowest BCUT2D eigenvalue weighted by Gasteiger charge is -2.14. The lowest BCUT2D eigenvalue weighted by atomic mass is 10.2. The first kappa shape index (κ1) is 17.0. The highest BCUT2D eigenvalue weighted by molar-refractivity contribution is 5.92. The minimum atomic E-state index is -0.947. The van der Waals surface area contributed by atoms with Gasteiger partial charge in [-0.15, -0.1) is 0 Å². The molecule has 0 saturated heterocycles. The number of esters is 1. The molecule has 2 aliphatic rings. The second-order valence-electron chi connectivity index (χ2n) is 6.02. The van der Waals surface area contributed by atoms with E-state index in [1.54, 1.807) is 24.3 Å². The molecule has 0 spiro atoms. The van der Waals surface area contributed by atoms with Gasteiger partial charge in [-0.2, -0.15) is 0 Å². The van der Waals surface area contributed by atoms with Crippen molar-refractivity contribution < 1.29 is 33.3 Å². The molecule has 0 aliphatic carbocycles. The van der Waals surface area contributed by atoms with Crippen molar-refractivity contribution in [1.82, 2.24) is 5.32 Å². The molecule has 2 aromatic rings. The molecular formula is C19H17NO7. The number of amides is 1. The van der Waals surface area contributed by atoms with E-state index in [-0.39, 0.29) is 25.7 Å². The summed E-state index contributed by atoms with van der Waals surface area (Å²) in [4.78, 5) is 24.4. The van der Waals surface area contributed by atoms with Gasteiger partial charge in [0.25, 0.3) is 5.91 Å². The maximum Gasteiger partial charge on any atom is 0.339 e. The summed E-state index contributed by atoms with van der Waals surface area (Å²) in [6, 6.07) is 10.1. The first-order valence-electron chi connectivity index (χ1n) is 8.37. The van der Waals surface area contributed by atoms with Crippen LogP contribution in [0.3, 0.4) is 0 Å². The molecule has 0 bridgehead atoms. The maximum atomic E-state index is 12.2. The molecule has 1 atom stereocenters. The predicted molar refractivity (Wildman–Crippen MR) is 91.9 cm³/mol. The predicted octanol–water partition coefficient (Wildman–Crippen LogP) is 2.01. The Kier molecular flexibility index (Phi) is 4.45. The van der Waals surface area contributed by atoms with Crippen LogP contribution in [0, 0.1) is 0 Å². The number of fused-ring (bicyclic) bond motifs is 2. The molecule has 0 aromatic heterocycles. The zero-order valence-corrected chi connectivity index (χ0v) is 14.5. The number of ether oxygens (including phenoxy) is 5. The van der Waals surface area contributed by atoms with Gasteiger partial charge in [0.05, 0.1) is 5.56 Å². The van der Waals surface area contributed by atoms with Gasteiger partial charge in [0, 0.05) is 6.54 Å². The van der Waals surface area contributed by atoms with Crippen molar-refractivity contribution >= 4 is 11.9 Å². The van der Waals surface area contributed by atoms with E-state index in [2.05, 4.69) is 5.32 Å². The van der Waals surface area contributed by atoms with Crippen molar-refractivity contribution in [3.8, 4) is 23.0 Å². The summed E-state index contributed by atoms with van der Waals surface area (Å²) in [5, 5.41) is 2.73. The Morgan fingerprint density at radius 1 is 0.963 bits per heavy atom. The Morgan fingerprint density at radius 3 is 2.33 bits per heavy atom. The van der Waals surface area contributed by atoms with Crippen LogP contribution in [0.15, 0.2) is 36.4 Å². The monoisotopic (exact) mass is 371 g/mol. The Bertz CT molecular complexity index is 896. The summed E-state index contributed by atoms with van der Waals surface area (Å²) >= 11 is 0. The standard InChI is InChI=1S/C19H17NO7/c1-11(27-19(22)13-3-5-15-17(7-13)26-10-24-15)18(21)20-8-12-2-4-14-16(6-12)25-9-23-14/h2-7,11H,8-10H2,1H3,(H,20,21)/t11-/m1/s1. The highest BCUT2D eigenvalue weighted by Crippen LogP contribution is 2.33. The summed E-state index contributed by atoms with van der Waals surface area (Å²) in [7, 11) is 0. The maximum absolute atomic E-state index is 12.2. The number of benzene rings is 2. The van der Waals surface area contributed by atoms with Crippen LogP contribution in [0.4, 0.5) is 0 Å². The smallest absolute Gasteiger partial charge is 0.339 e. The van der Waals surface area contributed by atoms with Gasteiger partial charge in [-0.1, -0.05) is 6.07 Å². The highest BCUT2D eigenvalue weighted by atomic mass is 16.7. The molecule has 8 nitrogen and oxygen atoms in total. The van der Waals surface area contributed by atoms with E-state index >= 15 is 0 Å². The van der Waals surface area contributed by atoms with Crippen molar-refractivity contribution in [2.75, 3.05) is 13.6 Å². The van der Waals surface area contributed by atoms with E-state index in [4.69, 9.17) is 23.7 Å². The molecule has 4 rings (SSSR count). The van der Waals surface area contributed by atoms with E-state index < -0.39 is 18.0 Å². The Hall–Kier alpha value is -3.42. The zero-order valence-electron chi connectivity index (χ0n) is 14.5. The van der Waals surface area contributed by atoms with Crippen molar-refractivity contribution in [2.24, 2.45) is 0 Å². The minimum Gasteiger partial charge on any atom is -0.454 e. The van der Waals surface area contributed by atoms with Gasteiger partial charge in [0.1, 0.15) is 0 Å². The molecule has 1 amide bonds. The van der Waals surface area contributed by atoms with Gasteiger partial charge < -0.3 is 29.0 Å². The average molecular weight is 371 g/mol. The Balaban J connectivity index is 1.31. The number of nitrogens with one attached hydrogen (secondary N) is 1. The van der Waals surface area contributed by atoms with Gasteiger partial charge in [0.2, 0.25) is 13.6 Å². The van der Waals surface area contributed by atoms with Crippen LogP contribution in [0.5, 0.6) is 23.0 Å². The lowest BCUT2D eigenvalue weighted by Crippen LogP contribution is -2.35. The van der Waals surface area contributed by atoms with Crippen molar-refractivity contribution in [3.05, 3.63) is 47.5 Å². The van der Waals surface area contributed by atoms with E-state index in [0.717, 1.165) is 5.56 Å². The fourth-order valence-electron chi connectivity index (χ4n) is 2.69. The average Bonchev–Trinajstić information content (AvgIpc) is 3.33. The summed E-state index contributed by atoms with van der Waals surface area (Å²) in [5.74, 6) is 1.35. The Labute approximate surface area is 154 Å². The second-order valence-corrected chi connectivity index (χ2v) is 6.02. The molecular weight excluding hydrogens is 354 g/mol. The summed E-state index contributed by atoms with van der Waals surface area (Å²) < 4.78 is 26.2. The van der Waals surface area contributed by atoms with Crippen LogP contribution < -0.4 is 24.3 Å². The van der Waals surface area contributed by atoms with E-state index in [1.165, 1.54) is 13.0 Å². The topological polar surface area (TPSA) is 92.3 Å². The molecule has 2 aromatic carbocycles. The third kappa shape index (κ3) is 3.59. The van der Waals surface area contributed by atoms with Gasteiger partial charge in [-0.25, -0.2) is 4.79 Å². The zero-order chi connectivity index (χ0) is 18.8. The largest absolute Gasteiger partial charge is 0.454 e. The number of carbonyl (C=O) groups is 2. The number of rotatable bonds is 5.